The van der Waals surface area contributed by atoms with Gasteiger partial charge in [-0.05, 0) is 129 Å². The van der Waals surface area contributed by atoms with E-state index >= 15 is 0 Å². The number of rotatable bonds is 10. The fourth-order valence-electron chi connectivity index (χ4n) is 12.4. The van der Waals surface area contributed by atoms with Gasteiger partial charge in [-0.25, -0.2) is 0 Å². The minimum Gasteiger partial charge on any atom is -0.381 e. The van der Waals surface area contributed by atoms with Gasteiger partial charge in [-0.2, -0.15) is 8.42 Å². The molecule has 1 spiro atoms. The van der Waals surface area contributed by atoms with Crippen LogP contribution in [-0.2, 0) is 19.0 Å². The van der Waals surface area contributed by atoms with Crippen LogP contribution in [0.4, 0.5) is 0 Å². The maximum Gasteiger partial charge on any atom is 0.296 e. The van der Waals surface area contributed by atoms with Gasteiger partial charge in [0, 0.05) is 12.5 Å². The molecule has 0 radical (unpaired) electrons. The average molecular weight is 641 g/mol. The van der Waals surface area contributed by atoms with E-state index < -0.39 is 18.2 Å². The number of ether oxygens (including phenoxy) is 1. The molecule has 6 heteroatoms. The molecule has 0 bridgehead atoms. The molecular formula is C38H60O4SSi. The molecule has 5 aliphatic carbocycles. The highest BCUT2D eigenvalue weighted by Gasteiger charge is 2.77. The minimum absolute atomic E-state index is 0.190. The smallest absolute Gasteiger partial charge is 0.296 e. The summed E-state index contributed by atoms with van der Waals surface area (Å²) in [5.74, 6) is 4.30. The number of benzene rings is 1. The number of hydrogen-bond donors (Lipinski definition) is 0. The Morgan fingerprint density at radius 1 is 1.02 bits per heavy atom. The molecule has 0 amide bonds. The van der Waals surface area contributed by atoms with Crippen LogP contribution in [-0.4, -0.2) is 36.3 Å². The second-order valence-electron chi connectivity index (χ2n) is 17.6. The van der Waals surface area contributed by atoms with E-state index in [9.17, 15) is 8.42 Å². The molecule has 0 N–H and O–H groups in total. The van der Waals surface area contributed by atoms with Crippen LogP contribution in [0.1, 0.15) is 91.0 Å². The highest BCUT2D eigenvalue weighted by Crippen LogP contribution is 2.82. The van der Waals surface area contributed by atoms with Gasteiger partial charge in [-0.15, -0.1) is 0 Å². The van der Waals surface area contributed by atoms with Crippen LogP contribution in [0.3, 0.4) is 0 Å². The van der Waals surface area contributed by atoms with Crippen molar-refractivity contribution in [3.8, 4) is 0 Å². The molecule has 10 atom stereocenters. The third kappa shape index (κ3) is 5.15. The van der Waals surface area contributed by atoms with Gasteiger partial charge in [0.2, 0.25) is 0 Å². The van der Waals surface area contributed by atoms with Crippen LogP contribution in [0.25, 0.3) is 0 Å². The lowest BCUT2D eigenvalue weighted by atomic mass is 9.45. The first kappa shape index (κ1) is 33.0. The van der Waals surface area contributed by atoms with Gasteiger partial charge in [0.15, 0.2) is 0 Å². The van der Waals surface area contributed by atoms with Crippen molar-refractivity contribution >= 4 is 18.2 Å². The first-order valence-electron chi connectivity index (χ1n) is 17.8. The molecule has 4 nitrogen and oxygen atoms in total. The standard InChI is InChI=1S/C38H60O4SSi/c1-25(2)34(44(7,8)9)17-12-27(24-42-43(39,40)29-13-10-26(3)11-14-29)31-15-16-32-30-22-35(41-6)38-23-28(38)18-21-37(38,5)33(30)19-20-36(31,32)4/h10-11,13-14,17,25,27-28,30-33,35H,12,15-16,18-24H2,1-9H3/b34-17-/t27-,28+,30-,31+,32-,33-,35+,36+,37+,38-/m0/s1. The first-order valence-corrected chi connectivity index (χ1v) is 22.7. The van der Waals surface area contributed by atoms with Crippen LogP contribution in [0.5, 0.6) is 0 Å². The Labute approximate surface area is 270 Å². The Morgan fingerprint density at radius 3 is 2.34 bits per heavy atom. The van der Waals surface area contributed by atoms with Crippen molar-refractivity contribution in [3.05, 3.63) is 41.1 Å². The summed E-state index contributed by atoms with van der Waals surface area (Å²) in [6.07, 6.45) is 14.3. The second kappa shape index (κ2) is 11.3. The van der Waals surface area contributed by atoms with Gasteiger partial charge < -0.3 is 4.74 Å². The Kier molecular flexibility index (Phi) is 8.49. The van der Waals surface area contributed by atoms with Crippen LogP contribution in [0.15, 0.2) is 40.4 Å². The fourth-order valence-corrected chi connectivity index (χ4v) is 15.8. The van der Waals surface area contributed by atoms with Crippen LogP contribution >= 0.6 is 0 Å². The molecule has 5 saturated carbocycles. The molecule has 0 unspecified atom stereocenters. The van der Waals surface area contributed by atoms with Crippen molar-refractivity contribution in [2.75, 3.05) is 13.7 Å². The summed E-state index contributed by atoms with van der Waals surface area (Å²) in [6.45, 7) is 19.5. The van der Waals surface area contributed by atoms with E-state index in [1.807, 2.05) is 26.2 Å². The lowest BCUT2D eigenvalue weighted by molar-refractivity contribution is -0.161. The van der Waals surface area contributed by atoms with E-state index in [-0.39, 0.29) is 22.8 Å². The second-order valence-corrected chi connectivity index (χ2v) is 24.3. The molecule has 5 fully saturated rings. The molecule has 5 aliphatic rings. The molecule has 0 aliphatic heterocycles. The molecule has 44 heavy (non-hydrogen) atoms. The largest absolute Gasteiger partial charge is 0.381 e. The Morgan fingerprint density at radius 2 is 1.73 bits per heavy atom. The summed E-state index contributed by atoms with van der Waals surface area (Å²) in [5.41, 5.74) is 2.14. The summed E-state index contributed by atoms with van der Waals surface area (Å²) < 4.78 is 39.2. The zero-order valence-electron chi connectivity index (χ0n) is 29.1. The number of methoxy groups -OCH3 is 1. The average Bonchev–Trinajstić information content (AvgIpc) is 3.46. The van der Waals surface area contributed by atoms with Gasteiger partial charge in [0.05, 0.1) is 25.7 Å². The summed E-state index contributed by atoms with van der Waals surface area (Å²) in [7, 11) is -3.33. The molecule has 0 saturated heterocycles. The Hall–Kier alpha value is -0.953. The van der Waals surface area contributed by atoms with Crippen molar-refractivity contribution in [1.82, 2.24) is 0 Å². The van der Waals surface area contributed by atoms with Crippen LogP contribution in [0.2, 0.25) is 19.6 Å². The number of fused-ring (bicyclic) bond motifs is 4. The fraction of sp³-hybridized carbons (Fsp3) is 0.789. The van der Waals surface area contributed by atoms with E-state index in [0.29, 0.717) is 34.7 Å². The van der Waals surface area contributed by atoms with E-state index in [0.717, 1.165) is 29.7 Å². The van der Waals surface area contributed by atoms with Gasteiger partial charge in [-0.3, -0.25) is 4.18 Å². The quantitative estimate of drug-likeness (QED) is 0.189. The summed E-state index contributed by atoms with van der Waals surface area (Å²) in [4.78, 5) is 0.267. The summed E-state index contributed by atoms with van der Waals surface area (Å²) >= 11 is 0. The Bertz CT molecular complexity index is 1360. The third-order valence-electron chi connectivity index (χ3n) is 14.3. The van der Waals surface area contributed by atoms with Gasteiger partial charge >= 0.3 is 0 Å². The van der Waals surface area contributed by atoms with Crippen molar-refractivity contribution in [2.24, 2.45) is 57.7 Å². The predicted octanol–water partition coefficient (Wildman–Crippen LogP) is 9.45. The monoisotopic (exact) mass is 640 g/mol. The maximum atomic E-state index is 13.4. The van der Waals surface area contributed by atoms with Crippen LogP contribution < -0.4 is 0 Å². The lowest BCUT2D eigenvalue weighted by Gasteiger charge is -2.61. The third-order valence-corrected chi connectivity index (χ3v) is 18.2. The highest BCUT2D eigenvalue weighted by atomic mass is 32.2. The van der Waals surface area contributed by atoms with Crippen molar-refractivity contribution in [1.29, 1.82) is 0 Å². The summed E-state index contributed by atoms with van der Waals surface area (Å²) in [5, 5.41) is 1.60. The van der Waals surface area contributed by atoms with Crippen molar-refractivity contribution in [3.63, 3.8) is 0 Å². The minimum atomic E-state index is -3.81. The molecule has 0 aromatic heterocycles. The van der Waals surface area contributed by atoms with Crippen molar-refractivity contribution in [2.45, 2.75) is 123 Å². The molecule has 0 heterocycles. The van der Waals surface area contributed by atoms with E-state index in [1.165, 1.54) is 51.4 Å². The maximum absolute atomic E-state index is 13.4. The van der Waals surface area contributed by atoms with E-state index in [4.69, 9.17) is 8.92 Å². The Balaban J connectivity index is 1.29. The van der Waals surface area contributed by atoms with Gasteiger partial charge in [-0.1, -0.05) is 76.3 Å². The molecule has 1 aromatic rings. The van der Waals surface area contributed by atoms with E-state index in [2.05, 4.69) is 53.4 Å². The van der Waals surface area contributed by atoms with Gasteiger partial charge in [0.1, 0.15) is 0 Å². The molecular weight excluding hydrogens is 581 g/mol. The van der Waals surface area contributed by atoms with Crippen molar-refractivity contribution < 1.29 is 17.3 Å². The number of aryl methyl sites for hydroxylation is 1. The zero-order chi connectivity index (χ0) is 31.9. The van der Waals surface area contributed by atoms with Crippen LogP contribution in [0, 0.1) is 64.6 Å². The lowest BCUT2D eigenvalue weighted by Crippen LogP contribution is -2.57. The SMILES string of the molecule is CO[C@@H]1C[C@H]2[C@@H]3CC[C@H]([C@@H](C/C=C(/C(C)C)[Si](C)(C)C)COS(=O)(=O)c4ccc(C)cc4)[C@@]3(C)CC[C@@H]2[C@@]2(C)CC[C@@H]3C[C@]312. The zero-order valence-corrected chi connectivity index (χ0v) is 30.9. The first-order chi connectivity index (χ1) is 20.6. The molecule has 246 valence electrons. The number of hydrogen-bond acceptors (Lipinski definition) is 4. The topological polar surface area (TPSA) is 52.6 Å². The molecule has 6 rings (SSSR count). The van der Waals surface area contributed by atoms with E-state index in [1.54, 1.807) is 17.3 Å². The highest BCUT2D eigenvalue weighted by molar-refractivity contribution is 7.86. The van der Waals surface area contributed by atoms with Gasteiger partial charge in [0.25, 0.3) is 10.1 Å². The number of allylic oxidation sites excluding steroid dienone is 2. The summed E-state index contributed by atoms with van der Waals surface area (Å²) in [6, 6.07) is 7.09. The molecule has 1 aromatic carbocycles. The normalized spacial score (nSPS) is 40.7. The predicted molar refractivity (Wildman–Crippen MR) is 183 cm³/mol.